The monoisotopic (exact) mass is 392 g/mol. The predicted molar refractivity (Wildman–Crippen MR) is 103 cm³/mol. The summed E-state index contributed by atoms with van der Waals surface area (Å²) in [5, 5.41) is 15.2. The first-order valence-electron chi connectivity index (χ1n) is 9.06. The molecule has 1 fully saturated rings. The van der Waals surface area contributed by atoms with Crippen LogP contribution < -0.4 is 15.4 Å². The average molecular weight is 393 g/mol. The largest absolute Gasteiger partial charge is 0.491 e. The zero-order chi connectivity index (χ0) is 19.8. The summed E-state index contributed by atoms with van der Waals surface area (Å²) in [6.45, 7) is 6.79. The Bertz CT molecular complexity index is 779. The zero-order valence-electron chi connectivity index (χ0n) is 15.7. The lowest BCUT2D eigenvalue weighted by atomic mass is 9.68. The zero-order valence-corrected chi connectivity index (χ0v) is 16.5. The molecule has 3 rings (SSSR count). The summed E-state index contributed by atoms with van der Waals surface area (Å²) in [7, 11) is 0. The molecule has 0 spiro atoms. The fourth-order valence-electron chi connectivity index (χ4n) is 3.32. The van der Waals surface area contributed by atoms with Crippen molar-refractivity contribution in [2.24, 2.45) is 17.3 Å². The minimum atomic E-state index is -0.764. The number of urea groups is 1. The van der Waals surface area contributed by atoms with Crippen LogP contribution in [0.25, 0.3) is 0 Å². The number of amides is 2. The number of aliphatic carboxylic acids is 1. The summed E-state index contributed by atoms with van der Waals surface area (Å²) in [6.07, 6.45) is 2.86. The summed E-state index contributed by atoms with van der Waals surface area (Å²) < 4.78 is 5.80. The van der Waals surface area contributed by atoms with Gasteiger partial charge in [0.15, 0.2) is 0 Å². The Kier molecular flexibility index (Phi) is 5.38. The maximum absolute atomic E-state index is 11.8. The van der Waals surface area contributed by atoms with Crippen LogP contribution in [0.2, 0.25) is 5.02 Å². The van der Waals surface area contributed by atoms with Crippen LogP contribution in [0.1, 0.15) is 45.2 Å². The van der Waals surface area contributed by atoms with Gasteiger partial charge in [-0.2, -0.15) is 0 Å². The first-order chi connectivity index (χ1) is 12.6. The number of carbonyl (C=O) groups excluding carboxylic acids is 1. The third-order valence-corrected chi connectivity index (χ3v) is 5.18. The maximum Gasteiger partial charge on any atom is 0.319 e. The van der Waals surface area contributed by atoms with Crippen LogP contribution in [-0.2, 0) is 4.79 Å². The highest BCUT2D eigenvalue weighted by molar-refractivity contribution is 6.32. The van der Waals surface area contributed by atoms with Crippen molar-refractivity contribution in [3.63, 3.8) is 0 Å². The molecule has 0 aromatic heterocycles. The standard InChI is InChI=1S/C20H25ClN2O4/c1-20(2,3)10-27-16-5-4-11(8-15(16)21)17-14(9-22-19(26)23-17)12-6-13(7-12)18(24)25/h4-5,8-9,12-13,17H,6-7,10H2,1-3H3,(H,24,25)(H2,22,23,26). The van der Waals surface area contributed by atoms with Gasteiger partial charge in [0.05, 0.1) is 23.6 Å². The van der Waals surface area contributed by atoms with E-state index in [9.17, 15) is 9.59 Å². The van der Waals surface area contributed by atoms with Gasteiger partial charge in [-0.05, 0) is 47.4 Å². The van der Waals surface area contributed by atoms with Crippen molar-refractivity contribution in [2.45, 2.75) is 39.7 Å². The number of rotatable bonds is 5. The van der Waals surface area contributed by atoms with E-state index in [2.05, 4.69) is 31.4 Å². The number of carboxylic acid groups (broad SMARTS) is 1. The third-order valence-electron chi connectivity index (χ3n) is 4.89. The summed E-state index contributed by atoms with van der Waals surface area (Å²) in [6, 6.07) is 4.89. The number of carbonyl (C=O) groups is 2. The molecular formula is C20H25ClN2O4. The number of hydrogen-bond donors (Lipinski definition) is 3. The molecule has 1 heterocycles. The van der Waals surface area contributed by atoms with E-state index < -0.39 is 5.97 Å². The van der Waals surface area contributed by atoms with Gasteiger partial charge in [0.1, 0.15) is 5.75 Å². The normalized spacial score (nSPS) is 25.0. The van der Waals surface area contributed by atoms with Gasteiger partial charge < -0.3 is 20.5 Å². The Balaban J connectivity index is 1.77. The molecule has 2 aliphatic rings. The van der Waals surface area contributed by atoms with E-state index in [0.717, 1.165) is 11.1 Å². The lowest BCUT2D eigenvalue weighted by molar-refractivity contribution is -0.145. The molecule has 6 nitrogen and oxygen atoms in total. The van der Waals surface area contributed by atoms with Gasteiger partial charge in [0.25, 0.3) is 0 Å². The molecule has 1 aliphatic heterocycles. The second-order valence-electron chi connectivity index (χ2n) is 8.44. The fraction of sp³-hybridized carbons (Fsp3) is 0.500. The quantitative estimate of drug-likeness (QED) is 0.703. The van der Waals surface area contributed by atoms with Crippen LogP contribution in [0.3, 0.4) is 0 Å². The Morgan fingerprint density at radius 1 is 1.33 bits per heavy atom. The van der Waals surface area contributed by atoms with Crippen LogP contribution in [-0.4, -0.2) is 23.7 Å². The van der Waals surface area contributed by atoms with Gasteiger partial charge in [-0.3, -0.25) is 4.79 Å². The number of halogens is 1. The minimum absolute atomic E-state index is 0.0197. The average Bonchev–Trinajstić information content (AvgIpc) is 2.52. The van der Waals surface area contributed by atoms with Crippen LogP contribution in [0.4, 0.5) is 4.79 Å². The maximum atomic E-state index is 11.8. The van der Waals surface area contributed by atoms with Crippen molar-refractivity contribution in [2.75, 3.05) is 6.61 Å². The van der Waals surface area contributed by atoms with Crippen molar-refractivity contribution >= 4 is 23.6 Å². The van der Waals surface area contributed by atoms with E-state index in [1.807, 2.05) is 12.1 Å². The molecule has 3 N–H and O–H groups in total. The van der Waals surface area contributed by atoms with Gasteiger partial charge in [-0.25, -0.2) is 4.79 Å². The number of hydrogen-bond acceptors (Lipinski definition) is 3. The van der Waals surface area contributed by atoms with Gasteiger partial charge >= 0.3 is 12.0 Å². The second kappa shape index (κ2) is 7.43. The first-order valence-corrected chi connectivity index (χ1v) is 9.44. The van der Waals surface area contributed by atoms with Gasteiger partial charge in [0, 0.05) is 6.20 Å². The molecule has 146 valence electrons. The highest BCUT2D eigenvalue weighted by Gasteiger charge is 2.40. The highest BCUT2D eigenvalue weighted by atomic mass is 35.5. The summed E-state index contributed by atoms with van der Waals surface area (Å²) >= 11 is 6.40. The minimum Gasteiger partial charge on any atom is -0.491 e. The van der Waals surface area contributed by atoms with E-state index in [1.165, 1.54) is 0 Å². The molecule has 0 radical (unpaired) electrons. The molecule has 1 unspecified atom stereocenters. The SMILES string of the molecule is CC(C)(C)COc1ccc(C2NC(=O)NC=C2C2CC(C(=O)O)C2)cc1Cl. The molecule has 1 atom stereocenters. The molecule has 7 heteroatoms. The Labute approximate surface area is 163 Å². The molecule has 0 saturated heterocycles. The number of nitrogens with one attached hydrogen (secondary N) is 2. The molecule has 1 aromatic rings. The van der Waals surface area contributed by atoms with Crippen LogP contribution >= 0.6 is 11.6 Å². The van der Waals surface area contributed by atoms with E-state index in [4.69, 9.17) is 21.4 Å². The Hall–Kier alpha value is -2.21. The number of benzene rings is 1. The Morgan fingerprint density at radius 2 is 2.04 bits per heavy atom. The second-order valence-corrected chi connectivity index (χ2v) is 8.85. The molecule has 0 bridgehead atoms. The molecule has 27 heavy (non-hydrogen) atoms. The lowest BCUT2D eigenvalue weighted by Gasteiger charge is -2.39. The molecule has 1 saturated carbocycles. The van der Waals surface area contributed by atoms with Crippen molar-refractivity contribution < 1.29 is 19.4 Å². The predicted octanol–water partition coefficient (Wildman–Crippen LogP) is 4.11. The highest BCUT2D eigenvalue weighted by Crippen LogP contribution is 2.44. The topological polar surface area (TPSA) is 87.7 Å². The van der Waals surface area contributed by atoms with Crippen molar-refractivity contribution in [1.82, 2.24) is 10.6 Å². The van der Waals surface area contributed by atoms with Gasteiger partial charge in [0.2, 0.25) is 0 Å². The number of ether oxygens (including phenoxy) is 1. The number of carboxylic acids is 1. The van der Waals surface area contributed by atoms with Gasteiger partial charge in [-0.15, -0.1) is 0 Å². The lowest BCUT2D eigenvalue weighted by Crippen LogP contribution is -2.44. The summed E-state index contributed by atoms with van der Waals surface area (Å²) in [5.74, 6) is -0.346. The fourth-order valence-corrected chi connectivity index (χ4v) is 3.56. The molecule has 1 aromatic carbocycles. The van der Waals surface area contributed by atoms with Crippen LogP contribution in [0, 0.1) is 17.3 Å². The molecular weight excluding hydrogens is 368 g/mol. The smallest absolute Gasteiger partial charge is 0.319 e. The van der Waals surface area contributed by atoms with E-state index >= 15 is 0 Å². The Morgan fingerprint density at radius 3 is 2.63 bits per heavy atom. The van der Waals surface area contributed by atoms with E-state index in [1.54, 1.807) is 12.3 Å². The van der Waals surface area contributed by atoms with Crippen molar-refractivity contribution in [3.05, 3.63) is 40.6 Å². The van der Waals surface area contributed by atoms with E-state index in [-0.39, 0.29) is 29.3 Å². The first kappa shape index (κ1) is 19.5. The third kappa shape index (κ3) is 4.56. The van der Waals surface area contributed by atoms with Gasteiger partial charge in [-0.1, -0.05) is 38.4 Å². The summed E-state index contributed by atoms with van der Waals surface area (Å²) in [5.41, 5.74) is 1.85. The van der Waals surface area contributed by atoms with E-state index in [0.29, 0.717) is 30.2 Å². The van der Waals surface area contributed by atoms with Crippen molar-refractivity contribution in [1.29, 1.82) is 0 Å². The van der Waals surface area contributed by atoms with Crippen LogP contribution in [0.5, 0.6) is 5.75 Å². The van der Waals surface area contributed by atoms with Crippen LogP contribution in [0.15, 0.2) is 30.0 Å². The summed E-state index contributed by atoms with van der Waals surface area (Å²) in [4.78, 5) is 22.9. The molecule has 2 amide bonds. The molecule has 1 aliphatic carbocycles. The van der Waals surface area contributed by atoms with Crippen molar-refractivity contribution in [3.8, 4) is 5.75 Å².